The Labute approximate surface area is 88.3 Å². The molecule has 2 heteroatoms. The van der Waals surface area contributed by atoms with Crippen molar-refractivity contribution in [2.75, 3.05) is 0 Å². The average molecular weight is 193 g/mol. The van der Waals surface area contributed by atoms with Gasteiger partial charge in [-0.15, -0.1) is 0 Å². The van der Waals surface area contributed by atoms with E-state index in [1.807, 2.05) is 36.4 Å². The number of nitrogens with zero attached hydrogens (tertiary/aromatic N) is 2. The van der Waals surface area contributed by atoms with E-state index in [0.717, 1.165) is 22.6 Å². The summed E-state index contributed by atoms with van der Waals surface area (Å²) >= 11 is 0. The molecule has 2 aromatic rings. The first kappa shape index (κ1) is 8.24. The smallest absolute Gasteiger partial charge is 0.0900 e. The van der Waals surface area contributed by atoms with Crippen LogP contribution in [0.2, 0.25) is 0 Å². The first-order valence-corrected chi connectivity index (χ1v) is 4.87. The molecule has 0 atom stereocenters. The number of rotatable bonds is 1. The van der Waals surface area contributed by atoms with Gasteiger partial charge in [0.05, 0.1) is 17.1 Å². The molecule has 2 heterocycles. The molecule has 0 aliphatic carbocycles. The zero-order valence-corrected chi connectivity index (χ0v) is 8.09. The van der Waals surface area contributed by atoms with Crippen LogP contribution < -0.4 is 5.32 Å². The van der Waals surface area contributed by atoms with Crippen LogP contribution in [-0.2, 0) is 0 Å². The SMILES string of the molecule is C1=C(c2ccccn2)[N]c2ccccc21. The van der Waals surface area contributed by atoms with Crippen LogP contribution in [0.5, 0.6) is 0 Å². The van der Waals surface area contributed by atoms with Gasteiger partial charge < -0.3 is 0 Å². The van der Waals surface area contributed by atoms with E-state index in [9.17, 15) is 0 Å². The summed E-state index contributed by atoms with van der Waals surface area (Å²) in [6, 6.07) is 14.0. The molecule has 0 bridgehead atoms. The highest BCUT2D eigenvalue weighted by molar-refractivity contribution is 5.90. The summed E-state index contributed by atoms with van der Waals surface area (Å²) in [7, 11) is 0. The summed E-state index contributed by atoms with van der Waals surface area (Å²) in [5.74, 6) is 0. The number of hydrogen-bond acceptors (Lipinski definition) is 1. The van der Waals surface area contributed by atoms with Crippen molar-refractivity contribution in [2.45, 2.75) is 0 Å². The Morgan fingerprint density at radius 1 is 0.867 bits per heavy atom. The van der Waals surface area contributed by atoms with Gasteiger partial charge in [-0.2, -0.15) is 0 Å². The molecule has 3 rings (SSSR count). The van der Waals surface area contributed by atoms with Gasteiger partial charge in [0.25, 0.3) is 0 Å². The van der Waals surface area contributed by atoms with Crippen molar-refractivity contribution in [1.29, 1.82) is 0 Å². The fourth-order valence-corrected chi connectivity index (χ4v) is 1.67. The summed E-state index contributed by atoms with van der Waals surface area (Å²) in [5, 5.41) is 4.52. The lowest BCUT2D eigenvalue weighted by Gasteiger charge is -2.00. The van der Waals surface area contributed by atoms with Crippen molar-refractivity contribution in [1.82, 2.24) is 10.3 Å². The molecule has 1 aromatic heterocycles. The molecule has 1 aliphatic heterocycles. The van der Waals surface area contributed by atoms with Crippen molar-refractivity contribution < 1.29 is 0 Å². The van der Waals surface area contributed by atoms with Gasteiger partial charge >= 0.3 is 0 Å². The molecule has 0 N–H and O–H groups in total. The quantitative estimate of drug-likeness (QED) is 0.684. The monoisotopic (exact) mass is 193 g/mol. The second-order valence-electron chi connectivity index (χ2n) is 3.42. The minimum absolute atomic E-state index is 0.925. The van der Waals surface area contributed by atoms with E-state index in [-0.39, 0.29) is 0 Å². The minimum Gasteiger partial charge on any atom is -0.255 e. The second kappa shape index (κ2) is 3.24. The van der Waals surface area contributed by atoms with Crippen molar-refractivity contribution in [2.24, 2.45) is 0 Å². The van der Waals surface area contributed by atoms with E-state index >= 15 is 0 Å². The number of hydrogen-bond donors (Lipinski definition) is 0. The molecule has 15 heavy (non-hydrogen) atoms. The Bertz CT molecular complexity index is 515. The van der Waals surface area contributed by atoms with Gasteiger partial charge in [-0.05, 0) is 24.3 Å². The molecular weight excluding hydrogens is 184 g/mol. The maximum absolute atomic E-state index is 4.52. The first-order chi connectivity index (χ1) is 7.43. The van der Waals surface area contributed by atoms with Crippen molar-refractivity contribution in [3.05, 3.63) is 59.9 Å². The van der Waals surface area contributed by atoms with Crippen molar-refractivity contribution >= 4 is 17.5 Å². The normalized spacial score (nSPS) is 12.9. The van der Waals surface area contributed by atoms with Gasteiger partial charge in [-0.25, -0.2) is 5.32 Å². The number of pyridine rings is 1. The van der Waals surface area contributed by atoms with Crippen LogP contribution in [0.4, 0.5) is 5.69 Å². The van der Waals surface area contributed by atoms with E-state index in [4.69, 9.17) is 0 Å². The number of aromatic nitrogens is 1. The molecule has 0 fully saturated rings. The lowest BCUT2D eigenvalue weighted by Crippen LogP contribution is -1.94. The topological polar surface area (TPSA) is 27.0 Å². The third-order valence-corrected chi connectivity index (χ3v) is 2.40. The Balaban J connectivity index is 2.02. The largest absolute Gasteiger partial charge is 0.255 e. The van der Waals surface area contributed by atoms with Gasteiger partial charge in [-0.3, -0.25) is 4.98 Å². The Morgan fingerprint density at radius 3 is 2.53 bits per heavy atom. The van der Waals surface area contributed by atoms with Crippen molar-refractivity contribution in [3.8, 4) is 0 Å². The first-order valence-electron chi connectivity index (χ1n) is 4.87. The Morgan fingerprint density at radius 2 is 1.73 bits per heavy atom. The second-order valence-corrected chi connectivity index (χ2v) is 3.42. The molecule has 0 amide bonds. The van der Waals surface area contributed by atoms with Crippen LogP contribution in [0, 0.1) is 0 Å². The fourth-order valence-electron chi connectivity index (χ4n) is 1.67. The lowest BCUT2D eigenvalue weighted by molar-refractivity contribution is 1.17. The van der Waals surface area contributed by atoms with Gasteiger partial charge in [0, 0.05) is 11.8 Å². The summed E-state index contributed by atoms with van der Waals surface area (Å²) in [6.45, 7) is 0. The van der Waals surface area contributed by atoms with Crippen LogP contribution in [0.3, 0.4) is 0 Å². The third-order valence-electron chi connectivity index (χ3n) is 2.40. The van der Waals surface area contributed by atoms with Gasteiger partial charge in [0.2, 0.25) is 0 Å². The number of para-hydroxylation sites is 1. The van der Waals surface area contributed by atoms with E-state index < -0.39 is 0 Å². The Hall–Kier alpha value is -2.09. The Kier molecular flexibility index (Phi) is 1.78. The molecule has 1 aromatic carbocycles. The molecule has 0 spiro atoms. The third kappa shape index (κ3) is 1.40. The molecule has 0 unspecified atom stereocenters. The molecule has 1 aliphatic rings. The van der Waals surface area contributed by atoms with E-state index in [0.29, 0.717) is 0 Å². The predicted octanol–water partition coefficient (Wildman–Crippen LogP) is 2.83. The van der Waals surface area contributed by atoms with E-state index in [1.54, 1.807) is 6.20 Å². The van der Waals surface area contributed by atoms with Crippen molar-refractivity contribution in [3.63, 3.8) is 0 Å². The number of fused-ring (bicyclic) bond motifs is 1. The fraction of sp³-hybridized carbons (Fsp3) is 0. The average Bonchev–Trinajstić information content (AvgIpc) is 2.74. The zero-order valence-electron chi connectivity index (χ0n) is 8.09. The maximum Gasteiger partial charge on any atom is 0.0900 e. The summed E-state index contributed by atoms with van der Waals surface area (Å²) in [6.07, 6.45) is 3.85. The van der Waals surface area contributed by atoms with Crippen LogP contribution in [0.1, 0.15) is 11.3 Å². The van der Waals surface area contributed by atoms with Crippen LogP contribution in [0.15, 0.2) is 48.7 Å². The zero-order chi connectivity index (χ0) is 10.1. The van der Waals surface area contributed by atoms with Gasteiger partial charge in [0.1, 0.15) is 0 Å². The molecular formula is C13H9N2. The van der Waals surface area contributed by atoms with Crippen LogP contribution in [-0.4, -0.2) is 4.98 Å². The minimum atomic E-state index is 0.925. The van der Waals surface area contributed by atoms with Gasteiger partial charge in [0.15, 0.2) is 0 Å². The van der Waals surface area contributed by atoms with Crippen LogP contribution >= 0.6 is 0 Å². The predicted molar refractivity (Wildman–Crippen MR) is 60.3 cm³/mol. The molecule has 71 valence electrons. The van der Waals surface area contributed by atoms with Gasteiger partial charge in [-0.1, -0.05) is 24.3 Å². The summed E-state index contributed by atoms with van der Waals surface area (Å²) in [4.78, 5) is 4.28. The lowest BCUT2D eigenvalue weighted by atomic mass is 10.2. The van der Waals surface area contributed by atoms with E-state index in [2.05, 4.69) is 22.4 Å². The molecule has 0 saturated carbocycles. The molecule has 2 nitrogen and oxygen atoms in total. The van der Waals surface area contributed by atoms with E-state index in [1.165, 1.54) is 0 Å². The standard InChI is InChI=1S/C13H9N2/c1-2-6-11-10(5-1)9-13(15-11)12-7-3-4-8-14-12/h1-9H. The molecule has 1 radical (unpaired) electrons. The number of benzene rings is 1. The summed E-state index contributed by atoms with van der Waals surface area (Å²) < 4.78 is 0. The van der Waals surface area contributed by atoms with Crippen LogP contribution in [0.25, 0.3) is 11.8 Å². The molecule has 0 saturated heterocycles. The highest BCUT2D eigenvalue weighted by Gasteiger charge is 2.14. The highest BCUT2D eigenvalue weighted by atomic mass is 14.9. The highest BCUT2D eigenvalue weighted by Crippen LogP contribution is 2.30. The maximum atomic E-state index is 4.52. The summed E-state index contributed by atoms with van der Waals surface area (Å²) in [5.41, 5.74) is 4.06.